The Morgan fingerprint density at radius 2 is 1.90 bits per heavy atom. The summed E-state index contributed by atoms with van der Waals surface area (Å²) >= 11 is 1.36. The minimum Gasteiger partial charge on any atom is -0.496 e. The summed E-state index contributed by atoms with van der Waals surface area (Å²) < 4.78 is 7.08. The molecule has 2 heterocycles. The van der Waals surface area contributed by atoms with E-state index in [9.17, 15) is 4.79 Å². The number of nitrogens with zero attached hydrogens (tertiary/aromatic N) is 4. The Morgan fingerprint density at radius 1 is 1.10 bits per heavy atom. The topological polar surface area (TPSA) is 81.9 Å². The van der Waals surface area contributed by atoms with Gasteiger partial charge in [-0.25, -0.2) is 14.6 Å². The number of benzene rings is 2. The fourth-order valence-electron chi connectivity index (χ4n) is 2.92. The summed E-state index contributed by atoms with van der Waals surface area (Å²) in [7, 11) is 1.62. The molecule has 1 N–H and O–H groups in total. The van der Waals surface area contributed by atoms with Gasteiger partial charge >= 0.3 is 0 Å². The van der Waals surface area contributed by atoms with Gasteiger partial charge in [-0.15, -0.1) is 0 Å². The Bertz CT molecular complexity index is 1130. The van der Waals surface area contributed by atoms with Gasteiger partial charge in [0, 0.05) is 12.1 Å². The summed E-state index contributed by atoms with van der Waals surface area (Å²) in [6.07, 6.45) is 3.23. The van der Waals surface area contributed by atoms with E-state index >= 15 is 0 Å². The Balaban J connectivity index is 1.43. The van der Waals surface area contributed by atoms with Crippen molar-refractivity contribution < 1.29 is 9.53 Å². The summed E-state index contributed by atoms with van der Waals surface area (Å²) in [4.78, 5) is 21.0. The molecule has 0 spiro atoms. The van der Waals surface area contributed by atoms with E-state index in [-0.39, 0.29) is 11.7 Å². The van der Waals surface area contributed by atoms with Gasteiger partial charge in [0.05, 0.1) is 30.1 Å². The number of amides is 1. The summed E-state index contributed by atoms with van der Waals surface area (Å²) in [6, 6.07) is 17.4. The monoisotopic (exact) mass is 405 g/mol. The van der Waals surface area contributed by atoms with Crippen LogP contribution in [0.1, 0.15) is 5.56 Å². The van der Waals surface area contributed by atoms with Crippen molar-refractivity contribution in [2.45, 2.75) is 11.6 Å². The highest BCUT2D eigenvalue weighted by atomic mass is 32.2. The average Bonchev–Trinajstić information content (AvgIpc) is 3.22. The molecule has 0 radical (unpaired) electrons. The molecule has 0 saturated carbocycles. The first kappa shape index (κ1) is 18.9. The molecule has 2 aromatic carbocycles. The van der Waals surface area contributed by atoms with Gasteiger partial charge in [0.1, 0.15) is 17.1 Å². The van der Waals surface area contributed by atoms with Gasteiger partial charge in [-0.1, -0.05) is 48.2 Å². The number of hydrogen-bond acceptors (Lipinski definition) is 6. The van der Waals surface area contributed by atoms with E-state index < -0.39 is 0 Å². The number of para-hydroxylation sites is 2. The van der Waals surface area contributed by atoms with E-state index in [1.165, 1.54) is 18.1 Å². The van der Waals surface area contributed by atoms with Crippen LogP contribution in [-0.2, 0) is 11.3 Å². The lowest BCUT2D eigenvalue weighted by Crippen LogP contribution is -2.24. The van der Waals surface area contributed by atoms with Gasteiger partial charge in [-0.3, -0.25) is 4.79 Å². The second-order valence-corrected chi connectivity index (χ2v) is 7.15. The third kappa shape index (κ3) is 4.22. The molecule has 7 nitrogen and oxygen atoms in total. The smallest absolute Gasteiger partial charge is 0.230 e. The Kier molecular flexibility index (Phi) is 5.71. The Hall–Kier alpha value is -3.39. The van der Waals surface area contributed by atoms with E-state index in [1.54, 1.807) is 18.0 Å². The van der Waals surface area contributed by atoms with Crippen LogP contribution in [-0.4, -0.2) is 38.5 Å². The first-order valence-corrected chi connectivity index (χ1v) is 10.0. The van der Waals surface area contributed by atoms with Crippen molar-refractivity contribution in [1.29, 1.82) is 0 Å². The highest BCUT2D eigenvalue weighted by Crippen LogP contribution is 2.25. The maximum Gasteiger partial charge on any atom is 0.230 e. The van der Waals surface area contributed by atoms with E-state index in [1.807, 2.05) is 54.6 Å². The molecule has 1 amide bonds. The van der Waals surface area contributed by atoms with Gasteiger partial charge in [-0.05, 0) is 18.2 Å². The van der Waals surface area contributed by atoms with Gasteiger partial charge in [0.2, 0.25) is 5.91 Å². The normalized spacial score (nSPS) is 10.8. The molecule has 2 aromatic heterocycles. The van der Waals surface area contributed by atoms with E-state index in [0.29, 0.717) is 12.2 Å². The predicted octanol–water partition coefficient (Wildman–Crippen LogP) is 3.23. The predicted molar refractivity (Wildman–Crippen MR) is 112 cm³/mol. The van der Waals surface area contributed by atoms with Crippen molar-refractivity contribution in [1.82, 2.24) is 25.1 Å². The number of aromatic nitrogens is 4. The van der Waals surface area contributed by atoms with Crippen LogP contribution in [0.4, 0.5) is 0 Å². The standard InChI is InChI=1S/C21H19N5O2S/c1-28-18-10-6-5-7-15(18)11-22-19(27)13-29-21-17-12-25-26(20(17)23-14-24-21)16-8-3-2-4-9-16/h2-10,12,14H,11,13H2,1H3,(H,22,27). The fraction of sp³-hybridized carbons (Fsp3) is 0.143. The SMILES string of the molecule is COc1ccccc1CNC(=O)CSc1ncnc2c1cnn2-c1ccccc1. The molecular formula is C21H19N5O2S. The molecule has 8 heteroatoms. The molecule has 146 valence electrons. The zero-order valence-electron chi connectivity index (χ0n) is 15.8. The second kappa shape index (κ2) is 8.74. The molecule has 0 aliphatic rings. The summed E-state index contributed by atoms with van der Waals surface area (Å²) in [5.41, 5.74) is 2.57. The maximum atomic E-state index is 12.3. The lowest BCUT2D eigenvalue weighted by Gasteiger charge is -2.09. The number of carbonyl (C=O) groups excluding carboxylic acids is 1. The number of rotatable bonds is 7. The molecule has 0 saturated heterocycles. The summed E-state index contributed by atoms with van der Waals surface area (Å²) in [5, 5.41) is 8.90. The number of nitrogens with one attached hydrogen (secondary N) is 1. The van der Waals surface area contributed by atoms with Crippen LogP contribution >= 0.6 is 11.8 Å². The number of thioether (sulfide) groups is 1. The lowest BCUT2D eigenvalue weighted by atomic mass is 10.2. The van der Waals surface area contributed by atoms with Gasteiger partial charge < -0.3 is 10.1 Å². The highest BCUT2D eigenvalue weighted by Gasteiger charge is 2.13. The number of hydrogen-bond donors (Lipinski definition) is 1. The number of methoxy groups -OCH3 is 1. The van der Waals surface area contributed by atoms with E-state index in [4.69, 9.17) is 4.74 Å². The number of ether oxygens (including phenoxy) is 1. The van der Waals surface area contributed by atoms with Crippen molar-refractivity contribution in [2.24, 2.45) is 0 Å². The van der Waals surface area contributed by atoms with Crippen molar-refractivity contribution in [3.63, 3.8) is 0 Å². The highest BCUT2D eigenvalue weighted by molar-refractivity contribution is 8.00. The summed E-state index contributed by atoms with van der Waals surface area (Å²) in [6.45, 7) is 0.411. The molecule has 4 aromatic rings. The molecular weight excluding hydrogens is 386 g/mol. The van der Waals surface area contributed by atoms with Crippen LogP contribution < -0.4 is 10.1 Å². The van der Waals surface area contributed by atoms with Crippen LogP contribution in [0.25, 0.3) is 16.7 Å². The largest absolute Gasteiger partial charge is 0.496 e. The number of fused-ring (bicyclic) bond motifs is 1. The average molecular weight is 405 g/mol. The van der Waals surface area contributed by atoms with Gasteiger partial charge in [-0.2, -0.15) is 5.10 Å². The zero-order valence-corrected chi connectivity index (χ0v) is 16.6. The maximum absolute atomic E-state index is 12.3. The lowest BCUT2D eigenvalue weighted by molar-refractivity contribution is -0.118. The van der Waals surface area contributed by atoms with Crippen molar-refractivity contribution in [3.05, 3.63) is 72.7 Å². The Labute approximate surface area is 172 Å². The third-order valence-electron chi connectivity index (χ3n) is 4.34. The van der Waals surface area contributed by atoms with Crippen LogP contribution in [0.5, 0.6) is 5.75 Å². The van der Waals surface area contributed by atoms with E-state index in [0.717, 1.165) is 27.4 Å². The van der Waals surface area contributed by atoms with Crippen LogP contribution in [0, 0.1) is 0 Å². The van der Waals surface area contributed by atoms with Crippen molar-refractivity contribution in [2.75, 3.05) is 12.9 Å². The van der Waals surface area contributed by atoms with Crippen molar-refractivity contribution in [3.8, 4) is 11.4 Å². The zero-order chi connectivity index (χ0) is 20.1. The Morgan fingerprint density at radius 3 is 2.72 bits per heavy atom. The van der Waals surface area contributed by atoms with Crippen LogP contribution in [0.3, 0.4) is 0 Å². The molecule has 0 aliphatic carbocycles. The molecule has 29 heavy (non-hydrogen) atoms. The summed E-state index contributed by atoms with van der Waals surface area (Å²) in [5.74, 6) is 0.923. The van der Waals surface area contributed by atoms with Gasteiger partial charge in [0.15, 0.2) is 5.65 Å². The number of carbonyl (C=O) groups is 1. The molecule has 0 atom stereocenters. The molecule has 0 fully saturated rings. The van der Waals surface area contributed by atoms with E-state index in [2.05, 4.69) is 20.4 Å². The third-order valence-corrected chi connectivity index (χ3v) is 5.34. The van der Waals surface area contributed by atoms with Crippen LogP contribution in [0.15, 0.2) is 72.1 Å². The first-order chi connectivity index (χ1) is 14.3. The molecule has 0 unspecified atom stereocenters. The second-order valence-electron chi connectivity index (χ2n) is 6.19. The van der Waals surface area contributed by atoms with Crippen molar-refractivity contribution >= 4 is 28.7 Å². The quantitative estimate of drug-likeness (QED) is 0.376. The molecule has 0 aliphatic heterocycles. The minimum absolute atomic E-state index is 0.0804. The molecule has 4 rings (SSSR count). The minimum atomic E-state index is -0.0804. The van der Waals surface area contributed by atoms with Crippen LogP contribution in [0.2, 0.25) is 0 Å². The fourth-order valence-corrected chi connectivity index (χ4v) is 3.71. The first-order valence-electron chi connectivity index (χ1n) is 9.02. The van der Waals surface area contributed by atoms with Gasteiger partial charge in [0.25, 0.3) is 0 Å². The molecule has 0 bridgehead atoms.